The number of hydrogen-bond donors (Lipinski definition) is 1. The predicted octanol–water partition coefficient (Wildman–Crippen LogP) is 3.66. The van der Waals surface area contributed by atoms with Gasteiger partial charge in [0.1, 0.15) is 6.54 Å². The van der Waals surface area contributed by atoms with Crippen LogP contribution in [0, 0.1) is 0 Å². The number of aromatic carboxylic acids is 1. The maximum Gasteiger partial charge on any atom is 0.336 e. The summed E-state index contributed by atoms with van der Waals surface area (Å²) in [6.07, 6.45) is 0. The first-order valence-corrected chi connectivity index (χ1v) is 8.27. The number of rotatable bonds is 3. The van der Waals surface area contributed by atoms with Crippen LogP contribution in [0.15, 0.2) is 48.5 Å². The second kappa shape index (κ2) is 6.29. The van der Waals surface area contributed by atoms with Crippen LogP contribution in [-0.2, 0) is 10.2 Å². The van der Waals surface area contributed by atoms with Crippen LogP contribution in [0.25, 0.3) is 0 Å². The normalized spacial score (nSPS) is 14.9. The molecule has 3 amide bonds. The third kappa shape index (κ3) is 3.18. The average Bonchev–Trinajstić information content (AvgIpc) is 2.89. The number of anilines is 2. The van der Waals surface area contributed by atoms with E-state index in [-0.39, 0.29) is 23.2 Å². The summed E-state index contributed by atoms with van der Waals surface area (Å²) in [6, 6.07) is 12.9. The summed E-state index contributed by atoms with van der Waals surface area (Å²) in [4.78, 5) is 38.7. The summed E-state index contributed by atoms with van der Waals surface area (Å²) in [5.74, 6) is -1.50. The maximum absolute atomic E-state index is 12.8. The Hall–Kier alpha value is -3.15. The molecule has 0 aliphatic carbocycles. The molecular weight excluding hydrogens is 332 g/mol. The molecule has 6 nitrogen and oxygen atoms in total. The van der Waals surface area contributed by atoms with Crippen LogP contribution in [0.5, 0.6) is 0 Å². The number of carbonyl (C=O) groups is 3. The molecular formula is C20H20N2O4. The third-order valence-electron chi connectivity index (χ3n) is 4.36. The zero-order valence-electron chi connectivity index (χ0n) is 14.9. The van der Waals surface area contributed by atoms with Crippen LogP contribution in [-0.4, -0.2) is 29.6 Å². The van der Waals surface area contributed by atoms with Crippen molar-refractivity contribution in [2.24, 2.45) is 0 Å². The number of urea groups is 1. The minimum atomic E-state index is -1.11. The first-order chi connectivity index (χ1) is 12.2. The predicted molar refractivity (Wildman–Crippen MR) is 98.8 cm³/mol. The van der Waals surface area contributed by atoms with E-state index in [1.165, 1.54) is 23.1 Å². The van der Waals surface area contributed by atoms with Gasteiger partial charge in [0, 0.05) is 5.69 Å². The van der Waals surface area contributed by atoms with E-state index in [0.29, 0.717) is 5.69 Å². The molecule has 1 heterocycles. The Balaban J connectivity index is 1.90. The van der Waals surface area contributed by atoms with E-state index >= 15 is 0 Å². The van der Waals surface area contributed by atoms with Gasteiger partial charge in [-0.15, -0.1) is 0 Å². The van der Waals surface area contributed by atoms with Crippen LogP contribution in [0.3, 0.4) is 0 Å². The molecule has 6 heteroatoms. The smallest absolute Gasteiger partial charge is 0.336 e. The largest absolute Gasteiger partial charge is 0.478 e. The number of imide groups is 1. The van der Waals surface area contributed by atoms with E-state index in [0.717, 1.165) is 10.5 Å². The van der Waals surface area contributed by atoms with Crippen molar-refractivity contribution in [3.8, 4) is 0 Å². The molecule has 1 aliphatic rings. The molecule has 0 saturated carbocycles. The Morgan fingerprint density at radius 3 is 2.23 bits per heavy atom. The molecule has 134 valence electrons. The summed E-state index contributed by atoms with van der Waals surface area (Å²) in [6.45, 7) is 6.22. The van der Waals surface area contributed by atoms with Gasteiger partial charge in [0.2, 0.25) is 0 Å². The Morgan fingerprint density at radius 1 is 1.00 bits per heavy atom. The quantitative estimate of drug-likeness (QED) is 0.855. The van der Waals surface area contributed by atoms with Crippen molar-refractivity contribution in [1.82, 2.24) is 0 Å². The van der Waals surface area contributed by atoms with Gasteiger partial charge in [-0.05, 0) is 41.3 Å². The fraction of sp³-hybridized carbons (Fsp3) is 0.250. The number of carboxylic acid groups (broad SMARTS) is 1. The minimum Gasteiger partial charge on any atom is -0.478 e. The SMILES string of the molecule is CC(C)(C)c1ccc(N2CC(=O)N(c3cccc(C(=O)O)c3)C2=O)cc1. The van der Waals surface area contributed by atoms with E-state index in [2.05, 4.69) is 20.8 Å². The van der Waals surface area contributed by atoms with Gasteiger partial charge in [-0.2, -0.15) is 0 Å². The molecule has 1 saturated heterocycles. The molecule has 0 atom stereocenters. The van der Waals surface area contributed by atoms with Crippen LogP contribution in [0.4, 0.5) is 16.2 Å². The lowest BCUT2D eigenvalue weighted by molar-refractivity contribution is -0.115. The fourth-order valence-electron chi connectivity index (χ4n) is 2.88. The number of benzene rings is 2. The van der Waals surface area contributed by atoms with Gasteiger partial charge in [-0.1, -0.05) is 39.0 Å². The van der Waals surface area contributed by atoms with Crippen molar-refractivity contribution in [2.75, 3.05) is 16.3 Å². The Bertz CT molecular complexity index is 881. The molecule has 1 N–H and O–H groups in total. The Kier molecular flexibility index (Phi) is 4.28. The minimum absolute atomic E-state index is 0.00727. The molecule has 3 rings (SSSR count). The highest BCUT2D eigenvalue weighted by atomic mass is 16.4. The van der Waals surface area contributed by atoms with Gasteiger partial charge in [0.15, 0.2) is 0 Å². The third-order valence-corrected chi connectivity index (χ3v) is 4.36. The van der Waals surface area contributed by atoms with Crippen molar-refractivity contribution in [1.29, 1.82) is 0 Å². The fourth-order valence-corrected chi connectivity index (χ4v) is 2.88. The molecule has 0 radical (unpaired) electrons. The van der Waals surface area contributed by atoms with Crippen LogP contribution < -0.4 is 9.80 Å². The van der Waals surface area contributed by atoms with Crippen molar-refractivity contribution in [3.63, 3.8) is 0 Å². The molecule has 1 aliphatic heterocycles. The lowest BCUT2D eigenvalue weighted by atomic mass is 9.87. The summed E-state index contributed by atoms with van der Waals surface area (Å²) >= 11 is 0. The first-order valence-electron chi connectivity index (χ1n) is 8.27. The second-order valence-electron chi connectivity index (χ2n) is 7.25. The van der Waals surface area contributed by atoms with Crippen molar-refractivity contribution < 1.29 is 19.5 Å². The lowest BCUT2D eigenvalue weighted by Crippen LogP contribution is -2.33. The van der Waals surface area contributed by atoms with Crippen molar-refractivity contribution in [3.05, 3.63) is 59.7 Å². The van der Waals surface area contributed by atoms with E-state index in [1.807, 2.05) is 24.3 Å². The summed E-state index contributed by atoms with van der Waals surface area (Å²) in [5.41, 5.74) is 2.04. The zero-order chi connectivity index (χ0) is 19.1. The van der Waals surface area contributed by atoms with Crippen LogP contribution in [0.1, 0.15) is 36.7 Å². The summed E-state index contributed by atoms with van der Waals surface area (Å²) < 4.78 is 0. The molecule has 2 aromatic rings. The molecule has 26 heavy (non-hydrogen) atoms. The van der Waals surface area contributed by atoms with E-state index in [1.54, 1.807) is 6.07 Å². The molecule has 0 bridgehead atoms. The van der Waals surface area contributed by atoms with Crippen LogP contribution in [0.2, 0.25) is 0 Å². The van der Waals surface area contributed by atoms with Gasteiger partial charge >= 0.3 is 12.0 Å². The molecule has 0 unspecified atom stereocenters. The van der Waals surface area contributed by atoms with E-state index < -0.39 is 17.9 Å². The standard InChI is InChI=1S/C20H20N2O4/c1-20(2,3)14-7-9-15(10-8-14)21-12-17(23)22(19(21)26)16-6-4-5-13(11-16)18(24)25/h4-11H,12H2,1-3H3,(H,24,25). The van der Waals surface area contributed by atoms with Gasteiger partial charge in [-0.3, -0.25) is 9.69 Å². The second-order valence-corrected chi connectivity index (χ2v) is 7.25. The Morgan fingerprint density at radius 2 is 1.65 bits per heavy atom. The van der Waals surface area contributed by atoms with Gasteiger partial charge in [0.25, 0.3) is 5.91 Å². The molecule has 0 spiro atoms. The lowest BCUT2D eigenvalue weighted by Gasteiger charge is -2.21. The highest BCUT2D eigenvalue weighted by Gasteiger charge is 2.38. The highest BCUT2D eigenvalue weighted by Crippen LogP contribution is 2.29. The van der Waals surface area contributed by atoms with Crippen molar-refractivity contribution >= 4 is 29.3 Å². The molecule has 2 aromatic carbocycles. The van der Waals surface area contributed by atoms with Crippen molar-refractivity contribution in [2.45, 2.75) is 26.2 Å². The number of amides is 3. The maximum atomic E-state index is 12.8. The highest BCUT2D eigenvalue weighted by molar-refractivity contribution is 6.27. The van der Waals surface area contributed by atoms with E-state index in [4.69, 9.17) is 5.11 Å². The summed E-state index contributed by atoms with van der Waals surface area (Å²) in [5, 5.41) is 9.11. The molecule has 1 fully saturated rings. The van der Waals surface area contributed by atoms with Gasteiger partial charge < -0.3 is 5.11 Å². The topological polar surface area (TPSA) is 77.9 Å². The van der Waals surface area contributed by atoms with Gasteiger partial charge in [0.05, 0.1) is 11.3 Å². The summed E-state index contributed by atoms with van der Waals surface area (Å²) in [7, 11) is 0. The number of carboxylic acids is 1. The first kappa shape index (κ1) is 17.7. The average molecular weight is 352 g/mol. The van der Waals surface area contributed by atoms with Crippen LogP contribution >= 0.6 is 0 Å². The zero-order valence-corrected chi connectivity index (χ0v) is 14.9. The monoisotopic (exact) mass is 352 g/mol. The van der Waals surface area contributed by atoms with E-state index in [9.17, 15) is 14.4 Å². The number of hydrogen-bond acceptors (Lipinski definition) is 3. The molecule has 0 aromatic heterocycles. The Labute approximate surface area is 151 Å². The number of carbonyl (C=O) groups excluding carboxylic acids is 2. The van der Waals surface area contributed by atoms with Gasteiger partial charge in [-0.25, -0.2) is 14.5 Å². The number of nitrogens with zero attached hydrogens (tertiary/aromatic N) is 2.